The van der Waals surface area contributed by atoms with Crippen LogP contribution in [-0.4, -0.2) is 29.3 Å². The number of hydrogen-bond donors (Lipinski definition) is 2. The first-order valence-electron chi connectivity index (χ1n) is 8.28. The first-order chi connectivity index (χ1) is 12.6. The third kappa shape index (κ3) is 2.74. The van der Waals surface area contributed by atoms with Crippen molar-refractivity contribution in [3.63, 3.8) is 0 Å². The summed E-state index contributed by atoms with van der Waals surface area (Å²) in [6.07, 6.45) is 6.63. The van der Waals surface area contributed by atoms with E-state index in [0.717, 1.165) is 35.0 Å². The van der Waals surface area contributed by atoms with Crippen molar-refractivity contribution in [2.75, 3.05) is 14.2 Å². The SMILES string of the molecule is COc1cc(/C=C/c2nc3sc4c(c3c(=O)[nH]2)CCC4)cc(OC)c1O. The molecule has 7 heteroatoms. The average molecular weight is 370 g/mol. The number of nitrogens with one attached hydrogen (secondary N) is 1. The smallest absolute Gasteiger partial charge is 0.260 e. The van der Waals surface area contributed by atoms with E-state index < -0.39 is 0 Å². The van der Waals surface area contributed by atoms with Gasteiger partial charge in [-0.25, -0.2) is 4.98 Å². The minimum atomic E-state index is -0.0880. The number of phenols is 1. The van der Waals surface area contributed by atoms with Crippen LogP contribution in [0.3, 0.4) is 0 Å². The fourth-order valence-corrected chi connectivity index (χ4v) is 4.55. The molecular formula is C19H18N2O4S. The van der Waals surface area contributed by atoms with Gasteiger partial charge in [-0.3, -0.25) is 4.79 Å². The second-order valence-electron chi connectivity index (χ2n) is 6.10. The largest absolute Gasteiger partial charge is 0.502 e. The van der Waals surface area contributed by atoms with Crippen LogP contribution in [0, 0.1) is 0 Å². The molecule has 6 nitrogen and oxygen atoms in total. The zero-order valence-corrected chi connectivity index (χ0v) is 15.3. The Morgan fingerprint density at radius 1 is 1.19 bits per heavy atom. The molecule has 1 aliphatic carbocycles. The predicted molar refractivity (Wildman–Crippen MR) is 102 cm³/mol. The second kappa shape index (κ2) is 6.49. The molecule has 2 aromatic heterocycles. The summed E-state index contributed by atoms with van der Waals surface area (Å²) in [5.74, 6) is 1.08. The number of aryl methyl sites for hydroxylation is 2. The Morgan fingerprint density at radius 2 is 1.92 bits per heavy atom. The van der Waals surface area contributed by atoms with Gasteiger partial charge in [0.2, 0.25) is 5.75 Å². The van der Waals surface area contributed by atoms with Crippen molar-refractivity contribution in [2.24, 2.45) is 0 Å². The zero-order valence-electron chi connectivity index (χ0n) is 14.5. The van der Waals surface area contributed by atoms with Gasteiger partial charge in [-0.1, -0.05) is 6.08 Å². The van der Waals surface area contributed by atoms with Gasteiger partial charge < -0.3 is 19.6 Å². The molecule has 134 valence electrons. The molecular weight excluding hydrogens is 352 g/mol. The molecule has 2 heterocycles. The highest BCUT2D eigenvalue weighted by Crippen LogP contribution is 2.38. The van der Waals surface area contributed by atoms with E-state index in [1.807, 2.05) is 0 Å². The molecule has 0 amide bonds. The van der Waals surface area contributed by atoms with Gasteiger partial charge in [0.15, 0.2) is 11.5 Å². The molecule has 2 N–H and O–H groups in total. The van der Waals surface area contributed by atoms with Crippen LogP contribution in [0.5, 0.6) is 17.2 Å². The molecule has 0 radical (unpaired) electrons. The van der Waals surface area contributed by atoms with Gasteiger partial charge in [0.1, 0.15) is 10.7 Å². The summed E-state index contributed by atoms with van der Waals surface area (Å²) in [6.45, 7) is 0. The normalized spacial score (nSPS) is 13.5. The van der Waals surface area contributed by atoms with E-state index in [4.69, 9.17) is 9.47 Å². The van der Waals surface area contributed by atoms with Gasteiger partial charge in [-0.2, -0.15) is 0 Å². The Morgan fingerprint density at radius 3 is 2.62 bits per heavy atom. The molecule has 0 spiro atoms. The highest BCUT2D eigenvalue weighted by atomic mass is 32.1. The Kier molecular flexibility index (Phi) is 4.16. The molecule has 3 aromatic rings. The number of methoxy groups -OCH3 is 2. The predicted octanol–water partition coefficient (Wildman–Crippen LogP) is 3.37. The minimum absolute atomic E-state index is 0.0480. The number of fused-ring (bicyclic) bond motifs is 3. The summed E-state index contributed by atoms with van der Waals surface area (Å²) in [6, 6.07) is 3.37. The van der Waals surface area contributed by atoms with E-state index >= 15 is 0 Å². The molecule has 0 unspecified atom stereocenters. The van der Waals surface area contributed by atoms with Gasteiger partial charge >= 0.3 is 0 Å². The van der Waals surface area contributed by atoms with Gasteiger partial charge in [0, 0.05) is 4.88 Å². The Balaban J connectivity index is 1.72. The molecule has 4 rings (SSSR count). The fourth-order valence-electron chi connectivity index (χ4n) is 3.28. The molecule has 0 bridgehead atoms. The summed E-state index contributed by atoms with van der Waals surface area (Å²) in [5, 5.41) is 10.7. The topological polar surface area (TPSA) is 84.4 Å². The standard InChI is InChI=1S/C19H18N2O4S/c1-24-12-8-10(9-13(25-2)17(12)22)6-7-15-20-18(23)16-11-4-3-5-14(11)26-19(16)21-15/h6-9,22H,3-5H2,1-2H3,(H,20,21,23)/b7-6+. The van der Waals surface area contributed by atoms with E-state index in [2.05, 4.69) is 9.97 Å². The third-order valence-electron chi connectivity index (χ3n) is 4.53. The average Bonchev–Trinajstić information content (AvgIpc) is 3.21. The number of benzene rings is 1. The van der Waals surface area contributed by atoms with Crippen molar-refractivity contribution in [1.29, 1.82) is 0 Å². The molecule has 0 saturated carbocycles. The van der Waals surface area contributed by atoms with Crippen LogP contribution in [0.25, 0.3) is 22.4 Å². The van der Waals surface area contributed by atoms with E-state index in [9.17, 15) is 9.90 Å². The lowest BCUT2D eigenvalue weighted by atomic mass is 10.1. The highest BCUT2D eigenvalue weighted by molar-refractivity contribution is 7.18. The van der Waals surface area contributed by atoms with Crippen molar-refractivity contribution in [3.8, 4) is 17.2 Å². The Bertz CT molecular complexity index is 1060. The van der Waals surface area contributed by atoms with Crippen LogP contribution in [0.1, 0.15) is 28.2 Å². The van der Waals surface area contributed by atoms with Crippen LogP contribution in [-0.2, 0) is 12.8 Å². The van der Waals surface area contributed by atoms with Crippen LogP contribution in [0.2, 0.25) is 0 Å². The Hall–Kier alpha value is -2.80. The summed E-state index contributed by atoms with van der Waals surface area (Å²) in [4.78, 5) is 22.0. The summed E-state index contributed by atoms with van der Waals surface area (Å²) >= 11 is 1.61. The van der Waals surface area contributed by atoms with Gasteiger partial charge in [0.05, 0.1) is 19.6 Å². The van der Waals surface area contributed by atoms with E-state index in [0.29, 0.717) is 17.3 Å². The minimum Gasteiger partial charge on any atom is -0.502 e. The van der Waals surface area contributed by atoms with E-state index in [1.54, 1.807) is 35.6 Å². The maximum Gasteiger partial charge on any atom is 0.260 e. The number of aromatic hydroxyl groups is 1. The summed E-state index contributed by atoms with van der Waals surface area (Å²) < 4.78 is 10.3. The molecule has 1 aliphatic rings. The number of thiophene rings is 1. The van der Waals surface area contributed by atoms with Crippen molar-refractivity contribution >= 4 is 33.7 Å². The number of aromatic nitrogens is 2. The summed E-state index contributed by atoms with van der Waals surface area (Å²) in [7, 11) is 2.95. The molecule has 0 atom stereocenters. The molecule has 0 saturated heterocycles. The number of aromatic amines is 1. The lowest BCUT2D eigenvalue weighted by molar-refractivity contribution is 0.340. The number of nitrogens with zero attached hydrogens (tertiary/aromatic N) is 1. The fraction of sp³-hybridized carbons (Fsp3) is 0.263. The first kappa shape index (κ1) is 16.7. The second-order valence-corrected chi connectivity index (χ2v) is 7.18. The Labute approximate surface area is 153 Å². The highest BCUT2D eigenvalue weighted by Gasteiger charge is 2.20. The van der Waals surface area contributed by atoms with Gasteiger partial charge in [-0.05, 0) is 48.6 Å². The van der Waals surface area contributed by atoms with Crippen molar-refractivity contribution in [3.05, 3.63) is 44.3 Å². The third-order valence-corrected chi connectivity index (χ3v) is 5.71. The molecule has 1 aromatic carbocycles. The van der Waals surface area contributed by atoms with Crippen LogP contribution < -0.4 is 15.0 Å². The lowest BCUT2D eigenvalue weighted by Gasteiger charge is -2.09. The van der Waals surface area contributed by atoms with Crippen molar-refractivity contribution < 1.29 is 14.6 Å². The number of ether oxygens (including phenoxy) is 2. The molecule has 0 aliphatic heterocycles. The zero-order chi connectivity index (χ0) is 18.3. The van der Waals surface area contributed by atoms with Gasteiger partial charge in [0.25, 0.3) is 5.56 Å². The van der Waals surface area contributed by atoms with Crippen molar-refractivity contribution in [2.45, 2.75) is 19.3 Å². The lowest BCUT2D eigenvalue weighted by Crippen LogP contribution is -2.09. The molecule has 0 fully saturated rings. The van der Waals surface area contributed by atoms with Crippen molar-refractivity contribution in [1.82, 2.24) is 9.97 Å². The van der Waals surface area contributed by atoms with E-state index in [1.165, 1.54) is 24.7 Å². The monoisotopic (exact) mass is 370 g/mol. The number of hydrogen-bond acceptors (Lipinski definition) is 6. The summed E-state index contributed by atoms with van der Waals surface area (Å²) in [5.41, 5.74) is 1.84. The number of H-pyrrole nitrogens is 1. The number of rotatable bonds is 4. The molecule has 26 heavy (non-hydrogen) atoms. The van der Waals surface area contributed by atoms with E-state index in [-0.39, 0.29) is 11.3 Å². The maximum atomic E-state index is 12.5. The van der Waals surface area contributed by atoms with Gasteiger partial charge in [-0.15, -0.1) is 11.3 Å². The maximum absolute atomic E-state index is 12.5. The first-order valence-corrected chi connectivity index (χ1v) is 9.10. The quantitative estimate of drug-likeness (QED) is 0.736. The van der Waals surface area contributed by atoms with Crippen LogP contribution in [0.15, 0.2) is 16.9 Å². The number of phenolic OH excluding ortho intramolecular Hbond substituents is 1. The van der Waals surface area contributed by atoms with Crippen LogP contribution in [0.4, 0.5) is 0 Å². The van der Waals surface area contributed by atoms with Crippen LogP contribution >= 0.6 is 11.3 Å².